The topological polar surface area (TPSA) is 120 Å². The lowest BCUT2D eigenvalue weighted by atomic mass is 9.86. The molecule has 174 valence electrons. The molecule has 0 aliphatic heterocycles. The van der Waals surface area contributed by atoms with Crippen LogP contribution in [0.5, 0.6) is 11.6 Å². The molecule has 2 aromatic carbocycles. The van der Waals surface area contributed by atoms with Gasteiger partial charge in [-0.2, -0.15) is 0 Å². The Morgan fingerprint density at radius 1 is 1.03 bits per heavy atom. The fourth-order valence-electron chi connectivity index (χ4n) is 2.97. The highest BCUT2D eigenvalue weighted by Gasteiger charge is 2.19. The third-order valence-corrected chi connectivity index (χ3v) is 5.96. The predicted molar refractivity (Wildman–Crippen MR) is 125 cm³/mol. The molecule has 0 saturated heterocycles. The third-order valence-electron chi connectivity index (χ3n) is 4.59. The molecular formula is C23H26N4O5S. The normalized spacial score (nSPS) is 11.5. The number of nitrogens with zero attached hydrogens (tertiary/aromatic N) is 2. The standard InChI is InChI=1S/C23H26N4O5S/c1-23(2,3)18-7-5-6-8-19(18)32-14-21(28)26-16-9-11-17(12-10-16)33(29,30)27-20-13-22(31-4)25-15-24-20/h5-13,15H,14H2,1-4H3,(H,26,28)(H,24,25,27). The zero-order valence-electron chi connectivity index (χ0n) is 18.8. The maximum Gasteiger partial charge on any atom is 0.263 e. The second kappa shape index (κ2) is 9.86. The van der Waals surface area contributed by atoms with Gasteiger partial charge in [-0.3, -0.25) is 9.52 Å². The van der Waals surface area contributed by atoms with Crippen LogP contribution in [0.3, 0.4) is 0 Å². The van der Waals surface area contributed by atoms with Gasteiger partial charge in [0.15, 0.2) is 6.61 Å². The fourth-order valence-corrected chi connectivity index (χ4v) is 3.97. The number of carbonyl (C=O) groups is 1. The molecule has 0 unspecified atom stereocenters. The van der Waals surface area contributed by atoms with Crippen LogP contribution < -0.4 is 19.5 Å². The van der Waals surface area contributed by atoms with Gasteiger partial charge in [-0.05, 0) is 41.3 Å². The lowest BCUT2D eigenvalue weighted by Crippen LogP contribution is -2.22. The molecule has 10 heteroatoms. The van der Waals surface area contributed by atoms with Gasteiger partial charge in [0.1, 0.15) is 17.9 Å². The highest BCUT2D eigenvalue weighted by atomic mass is 32.2. The van der Waals surface area contributed by atoms with E-state index in [-0.39, 0.29) is 34.5 Å². The van der Waals surface area contributed by atoms with Gasteiger partial charge in [0.2, 0.25) is 5.88 Å². The molecule has 0 radical (unpaired) electrons. The van der Waals surface area contributed by atoms with Crippen LogP contribution in [-0.4, -0.2) is 38.0 Å². The lowest BCUT2D eigenvalue weighted by Gasteiger charge is -2.22. The minimum Gasteiger partial charge on any atom is -0.483 e. The Labute approximate surface area is 193 Å². The lowest BCUT2D eigenvalue weighted by molar-refractivity contribution is -0.118. The van der Waals surface area contributed by atoms with Crippen molar-refractivity contribution in [3.63, 3.8) is 0 Å². The molecule has 9 nitrogen and oxygen atoms in total. The first-order valence-electron chi connectivity index (χ1n) is 10.1. The molecule has 0 spiro atoms. The molecule has 3 rings (SSSR count). The number of ether oxygens (including phenoxy) is 2. The Morgan fingerprint density at radius 2 is 1.73 bits per heavy atom. The first-order valence-corrected chi connectivity index (χ1v) is 11.6. The summed E-state index contributed by atoms with van der Waals surface area (Å²) in [7, 11) is -2.46. The van der Waals surface area contributed by atoms with Crippen molar-refractivity contribution in [2.75, 3.05) is 23.8 Å². The number of nitrogens with one attached hydrogen (secondary N) is 2. The highest BCUT2D eigenvalue weighted by Crippen LogP contribution is 2.30. The summed E-state index contributed by atoms with van der Waals surface area (Å²) in [6, 6.07) is 14.7. The van der Waals surface area contributed by atoms with Crippen molar-refractivity contribution >= 4 is 27.4 Å². The molecule has 1 heterocycles. The van der Waals surface area contributed by atoms with Gasteiger partial charge in [-0.1, -0.05) is 39.0 Å². The zero-order chi connectivity index (χ0) is 24.1. The molecule has 0 bridgehead atoms. The minimum absolute atomic E-state index is 0.00781. The summed E-state index contributed by atoms with van der Waals surface area (Å²) >= 11 is 0. The first kappa shape index (κ1) is 24.0. The summed E-state index contributed by atoms with van der Waals surface area (Å²) in [6.07, 6.45) is 1.19. The maximum atomic E-state index is 12.6. The maximum absolute atomic E-state index is 12.6. The summed E-state index contributed by atoms with van der Waals surface area (Å²) in [5.41, 5.74) is 1.32. The van der Waals surface area contributed by atoms with Crippen molar-refractivity contribution in [1.29, 1.82) is 0 Å². The number of benzene rings is 2. The Morgan fingerprint density at radius 3 is 2.39 bits per heavy atom. The molecule has 1 amide bonds. The molecule has 2 N–H and O–H groups in total. The smallest absolute Gasteiger partial charge is 0.263 e. The van der Waals surface area contributed by atoms with Crippen molar-refractivity contribution in [2.24, 2.45) is 0 Å². The van der Waals surface area contributed by atoms with Gasteiger partial charge < -0.3 is 14.8 Å². The number of amides is 1. The van der Waals surface area contributed by atoms with Crippen LogP contribution >= 0.6 is 0 Å². The van der Waals surface area contributed by atoms with Crippen LogP contribution in [0, 0.1) is 0 Å². The van der Waals surface area contributed by atoms with Crippen molar-refractivity contribution in [3.8, 4) is 11.6 Å². The SMILES string of the molecule is COc1cc(NS(=O)(=O)c2ccc(NC(=O)COc3ccccc3C(C)(C)C)cc2)ncn1. The van der Waals surface area contributed by atoms with Gasteiger partial charge in [0.05, 0.1) is 12.0 Å². The Balaban J connectivity index is 1.62. The van der Waals surface area contributed by atoms with E-state index in [4.69, 9.17) is 9.47 Å². The van der Waals surface area contributed by atoms with Crippen LogP contribution in [-0.2, 0) is 20.2 Å². The van der Waals surface area contributed by atoms with E-state index in [2.05, 4.69) is 40.8 Å². The van der Waals surface area contributed by atoms with Crippen molar-refractivity contribution in [1.82, 2.24) is 9.97 Å². The number of sulfonamides is 1. The number of rotatable bonds is 8. The minimum atomic E-state index is -3.88. The number of carbonyl (C=O) groups excluding carboxylic acids is 1. The second-order valence-electron chi connectivity index (χ2n) is 8.16. The van der Waals surface area contributed by atoms with Crippen molar-refractivity contribution < 1.29 is 22.7 Å². The van der Waals surface area contributed by atoms with Crippen molar-refractivity contribution in [3.05, 3.63) is 66.5 Å². The zero-order valence-corrected chi connectivity index (χ0v) is 19.6. The number of aromatic nitrogens is 2. The van der Waals surface area contributed by atoms with E-state index in [0.29, 0.717) is 11.4 Å². The number of hydrogen-bond acceptors (Lipinski definition) is 7. The Kier molecular flexibility index (Phi) is 7.17. The van der Waals surface area contributed by atoms with E-state index in [0.717, 1.165) is 5.56 Å². The summed E-state index contributed by atoms with van der Waals surface area (Å²) in [5.74, 6) is 0.592. The molecular weight excluding hydrogens is 444 g/mol. The number of para-hydroxylation sites is 1. The first-order chi connectivity index (χ1) is 15.6. The van der Waals surface area contributed by atoms with Gasteiger partial charge >= 0.3 is 0 Å². The average Bonchev–Trinajstić information content (AvgIpc) is 2.77. The van der Waals surface area contributed by atoms with E-state index in [1.54, 1.807) is 0 Å². The third kappa shape index (κ3) is 6.42. The van der Waals surface area contributed by atoms with Crippen LogP contribution in [0.25, 0.3) is 0 Å². The predicted octanol–water partition coefficient (Wildman–Crippen LogP) is 3.60. The molecule has 0 aliphatic carbocycles. The number of hydrogen-bond donors (Lipinski definition) is 2. The van der Waals surface area contributed by atoms with Gasteiger partial charge in [-0.25, -0.2) is 18.4 Å². The Bertz CT molecular complexity index is 1220. The van der Waals surface area contributed by atoms with Gasteiger partial charge in [0, 0.05) is 11.8 Å². The van der Waals surface area contributed by atoms with E-state index < -0.39 is 10.0 Å². The average molecular weight is 471 g/mol. The van der Waals surface area contributed by atoms with Crippen LogP contribution in [0.2, 0.25) is 0 Å². The van der Waals surface area contributed by atoms with Crippen LogP contribution in [0.15, 0.2) is 65.8 Å². The van der Waals surface area contributed by atoms with Gasteiger partial charge in [0.25, 0.3) is 15.9 Å². The van der Waals surface area contributed by atoms with Crippen LogP contribution in [0.4, 0.5) is 11.5 Å². The summed E-state index contributed by atoms with van der Waals surface area (Å²) in [6.45, 7) is 6.03. The fraction of sp³-hybridized carbons (Fsp3) is 0.261. The molecule has 0 saturated carbocycles. The van der Waals surface area contributed by atoms with Crippen molar-refractivity contribution in [2.45, 2.75) is 31.1 Å². The molecule has 1 aromatic heterocycles. The number of anilines is 2. The Hall–Kier alpha value is -3.66. The molecule has 0 aliphatic rings. The number of methoxy groups -OCH3 is 1. The summed E-state index contributed by atoms with van der Waals surface area (Å²) in [5, 5.41) is 2.70. The molecule has 3 aromatic rings. The quantitative estimate of drug-likeness (QED) is 0.516. The second-order valence-corrected chi connectivity index (χ2v) is 9.84. The largest absolute Gasteiger partial charge is 0.483 e. The van der Waals surface area contributed by atoms with Gasteiger partial charge in [-0.15, -0.1) is 0 Å². The van der Waals surface area contributed by atoms with E-state index >= 15 is 0 Å². The molecule has 33 heavy (non-hydrogen) atoms. The van der Waals surface area contributed by atoms with E-state index in [9.17, 15) is 13.2 Å². The van der Waals surface area contributed by atoms with E-state index in [1.165, 1.54) is 43.8 Å². The summed E-state index contributed by atoms with van der Waals surface area (Å²) in [4.78, 5) is 20.0. The van der Waals surface area contributed by atoms with E-state index in [1.807, 2.05) is 24.3 Å². The highest BCUT2D eigenvalue weighted by molar-refractivity contribution is 7.92. The summed E-state index contributed by atoms with van der Waals surface area (Å²) < 4.78 is 38.2. The molecule has 0 atom stereocenters. The monoisotopic (exact) mass is 470 g/mol. The van der Waals surface area contributed by atoms with Crippen LogP contribution in [0.1, 0.15) is 26.3 Å². The molecule has 0 fully saturated rings.